The fourth-order valence-corrected chi connectivity index (χ4v) is 2.35. The van der Waals surface area contributed by atoms with Gasteiger partial charge in [-0.15, -0.1) is 0 Å². The highest BCUT2D eigenvalue weighted by Gasteiger charge is 2.19. The Kier molecular flexibility index (Phi) is 6.01. The van der Waals surface area contributed by atoms with Gasteiger partial charge < -0.3 is 10.1 Å². The molecule has 5 heteroatoms. The molecule has 0 saturated heterocycles. The highest BCUT2D eigenvalue weighted by Crippen LogP contribution is 2.20. The van der Waals surface area contributed by atoms with Crippen molar-refractivity contribution in [2.45, 2.75) is 39.7 Å². The molecule has 0 unspecified atom stereocenters. The second-order valence-corrected chi connectivity index (χ2v) is 6.67. The largest absolute Gasteiger partial charge is 0.493 e. The van der Waals surface area contributed by atoms with Crippen LogP contribution in [0, 0.1) is 5.92 Å². The van der Waals surface area contributed by atoms with Gasteiger partial charge in [0.2, 0.25) is 5.91 Å². The molecule has 0 spiro atoms. The second-order valence-electron chi connectivity index (χ2n) is 6.67. The molecule has 0 aliphatic heterocycles. The molecule has 5 nitrogen and oxygen atoms in total. The third kappa shape index (κ3) is 4.85. The molecule has 130 valence electrons. The zero-order chi connectivity index (χ0) is 17.7. The van der Waals surface area contributed by atoms with Crippen LogP contribution in [0.5, 0.6) is 5.75 Å². The van der Waals surface area contributed by atoms with Crippen molar-refractivity contribution in [2.24, 2.45) is 13.0 Å². The Morgan fingerprint density at radius 2 is 1.83 bits per heavy atom. The van der Waals surface area contributed by atoms with Crippen LogP contribution in [-0.4, -0.2) is 22.3 Å². The number of carbonyl (C=O) groups is 1. The quantitative estimate of drug-likeness (QED) is 0.846. The van der Waals surface area contributed by atoms with Crippen LogP contribution in [-0.2, 0) is 11.8 Å². The van der Waals surface area contributed by atoms with Gasteiger partial charge in [0.05, 0.1) is 24.8 Å². The van der Waals surface area contributed by atoms with Crippen molar-refractivity contribution in [3.63, 3.8) is 0 Å². The highest BCUT2D eigenvalue weighted by molar-refractivity contribution is 5.83. The molecule has 0 radical (unpaired) electrons. The molecule has 0 aliphatic carbocycles. The molecular weight excluding hydrogens is 302 g/mol. The summed E-state index contributed by atoms with van der Waals surface area (Å²) in [6.07, 6.45) is 3.60. The second kappa shape index (κ2) is 7.99. The van der Waals surface area contributed by atoms with Gasteiger partial charge in [-0.25, -0.2) is 0 Å². The summed E-state index contributed by atoms with van der Waals surface area (Å²) >= 11 is 0. The first-order chi connectivity index (χ1) is 11.4. The van der Waals surface area contributed by atoms with E-state index in [-0.39, 0.29) is 17.9 Å². The average molecular weight is 329 g/mol. The Balaban J connectivity index is 1.93. The highest BCUT2D eigenvalue weighted by atomic mass is 16.5. The van der Waals surface area contributed by atoms with E-state index in [0.717, 1.165) is 16.9 Å². The molecule has 2 atom stereocenters. The first kappa shape index (κ1) is 18.0. The number of amides is 1. The number of benzene rings is 1. The number of rotatable bonds is 7. The third-order valence-electron chi connectivity index (χ3n) is 3.94. The number of hydrogen-bond acceptors (Lipinski definition) is 3. The van der Waals surface area contributed by atoms with Gasteiger partial charge in [0.15, 0.2) is 0 Å². The van der Waals surface area contributed by atoms with E-state index in [9.17, 15) is 4.79 Å². The molecule has 1 aromatic carbocycles. The summed E-state index contributed by atoms with van der Waals surface area (Å²) < 4.78 is 7.39. The first-order valence-corrected chi connectivity index (χ1v) is 8.38. The van der Waals surface area contributed by atoms with Crippen molar-refractivity contribution in [2.75, 3.05) is 6.61 Å². The van der Waals surface area contributed by atoms with E-state index < -0.39 is 0 Å². The van der Waals surface area contributed by atoms with E-state index in [0.29, 0.717) is 12.5 Å². The lowest BCUT2D eigenvalue weighted by atomic mass is 10.0. The maximum atomic E-state index is 12.4. The minimum Gasteiger partial charge on any atom is -0.493 e. The zero-order valence-corrected chi connectivity index (χ0v) is 15.1. The fraction of sp³-hybridized carbons (Fsp3) is 0.474. The summed E-state index contributed by atoms with van der Waals surface area (Å²) in [4.78, 5) is 12.4. The number of aromatic nitrogens is 2. The summed E-state index contributed by atoms with van der Waals surface area (Å²) in [6, 6.07) is 7.83. The lowest BCUT2D eigenvalue weighted by Crippen LogP contribution is -2.30. The number of hydrogen-bond donors (Lipinski definition) is 1. The normalized spacial score (nSPS) is 13.6. The van der Waals surface area contributed by atoms with Gasteiger partial charge in [-0.2, -0.15) is 5.10 Å². The number of nitrogens with zero attached hydrogens (tertiary/aromatic N) is 2. The van der Waals surface area contributed by atoms with Crippen LogP contribution in [0.1, 0.15) is 50.8 Å². The van der Waals surface area contributed by atoms with Crippen LogP contribution in [0.15, 0.2) is 36.7 Å². The maximum Gasteiger partial charge on any atom is 0.227 e. The van der Waals surface area contributed by atoms with Gasteiger partial charge in [-0.3, -0.25) is 9.48 Å². The average Bonchev–Trinajstić information content (AvgIpc) is 2.99. The number of carbonyl (C=O) groups excluding carboxylic acids is 1. The predicted molar refractivity (Wildman–Crippen MR) is 95.0 cm³/mol. The summed E-state index contributed by atoms with van der Waals surface area (Å²) in [5.41, 5.74) is 1.97. The maximum absolute atomic E-state index is 12.4. The molecule has 24 heavy (non-hydrogen) atoms. The van der Waals surface area contributed by atoms with Crippen LogP contribution in [0.4, 0.5) is 0 Å². The van der Waals surface area contributed by atoms with Crippen molar-refractivity contribution < 1.29 is 9.53 Å². The molecule has 0 fully saturated rings. The summed E-state index contributed by atoms with van der Waals surface area (Å²) in [6.45, 7) is 8.82. The van der Waals surface area contributed by atoms with Crippen molar-refractivity contribution in [1.82, 2.24) is 15.1 Å². The minimum atomic E-state index is -0.227. The van der Waals surface area contributed by atoms with Gasteiger partial charge in [0.25, 0.3) is 0 Å². The number of ether oxygens (including phenoxy) is 1. The van der Waals surface area contributed by atoms with Gasteiger partial charge in [-0.1, -0.05) is 26.0 Å². The van der Waals surface area contributed by atoms with E-state index in [1.54, 1.807) is 10.9 Å². The van der Waals surface area contributed by atoms with E-state index in [2.05, 4.69) is 24.3 Å². The number of aryl methyl sites for hydroxylation is 1. The Morgan fingerprint density at radius 3 is 2.38 bits per heavy atom. The Bertz CT molecular complexity index is 662. The van der Waals surface area contributed by atoms with Crippen molar-refractivity contribution in [3.8, 4) is 5.75 Å². The monoisotopic (exact) mass is 329 g/mol. The molecule has 1 N–H and O–H groups in total. The number of nitrogens with one attached hydrogen (secondary N) is 1. The van der Waals surface area contributed by atoms with Gasteiger partial charge in [0, 0.05) is 18.8 Å². The molecule has 1 aromatic heterocycles. The van der Waals surface area contributed by atoms with Gasteiger partial charge in [0.1, 0.15) is 5.75 Å². The SMILES string of the molecule is CC(C)COc1ccc([C@@H](C)NC(=O)[C@@H](C)c2cnn(C)c2)cc1. The first-order valence-electron chi connectivity index (χ1n) is 8.38. The van der Waals surface area contributed by atoms with Crippen molar-refractivity contribution >= 4 is 5.91 Å². The topological polar surface area (TPSA) is 56.1 Å². The van der Waals surface area contributed by atoms with Crippen LogP contribution in [0.25, 0.3) is 0 Å². The van der Waals surface area contributed by atoms with E-state index in [1.807, 2.05) is 51.4 Å². The van der Waals surface area contributed by atoms with Gasteiger partial charge >= 0.3 is 0 Å². The molecule has 2 rings (SSSR count). The lowest BCUT2D eigenvalue weighted by Gasteiger charge is -2.18. The van der Waals surface area contributed by atoms with Crippen molar-refractivity contribution in [1.29, 1.82) is 0 Å². The lowest BCUT2D eigenvalue weighted by molar-refractivity contribution is -0.122. The van der Waals surface area contributed by atoms with E-state index >= 15 is 0 Å². The molecule has 1 heterocycles. The predicted octanol–water partition coefficient (Wildman–Crippen LogP) is 3.44. The summed E-state index contributed by atoms with van der Waals surface area (Å²) in [7, 11) is 1.85. The molecule has 0 aliphatic rings. The Hall–Kier alpha value is -2.30. The smallest absolute Gasteiger partial charge is 0.227 e. The Labute approximate surface area is 144 Å². The molecule has 0 bridgehead atoms. The van der Waals surface area contributed by atoms with E-state index in [4.69, 9.17) is 4.74 Å². The van der Waals surface area contributed by atoms with Crippen LogP contribution < -0.4 is 10.1 Å². The Morgan fingerprint density at radius 1 is 1.17 bits per heavy atom. The third-order valence-corrected chi connectivity index (χ3v) is 3.94. The van der Waals surface area contributed by atoms with Crippen LogP contribution >= 0.6 is 0 Å². The minimum absolute atomic E-state index is 0.00404. The molecule has 2 aromatic rings. The molecular formula is C19H27N3O2. The zero-order valence-electron chi connectivity index (χ0n) is 15.1. The summed E-state index contributed by atoms with van der Waals surface area (Å²) in [5, 5.41) is 7.18. The molecule has 1 amide bonds. The van der Waals surface area contributed by atoms with Gasteiger partial charge in [-0.05, 0) is 37.5 Å². The molecule has 0 saturated carbocycles. The van der Waals surface area contributed by atoms with Crippen LogP contribution in [0.3, 0.4) is 0 Å². The van der Waals surface area contributed by atoms with Crippen molar-refractivity contribution in [3.05, 3.63) is 47.8 Å². The standard InChI is InChI=1S/C19H27N3O2/c1-13(2)12-24-18-8-6-16(7-9-18)15(4)21-19(23)14(3)17-10-20-22(5)11-17/h6-11,13-15H,12H2,1-5H3,(H,21,23)/t14-,15+/m0/s1. The fourth-order valence-electron chi connectivity index (χ4n) is 2.35. The summed E-state index contributed by atoms with van der Waals surface area (Å²) in [5.74, 6) is 1.12. The van der Waals surface area contributed by atoms with Crippen LogP contribution in [0.2, 0.25) is 0 Å². The van der Waals surface area contributed by atoms with E-state index in [1.165, 1.54) is 0 Å².